The van der Waals surface area contributed by atoms with Gasteiger partial charge in [0, 0.05) is 17.5 Å². The van der Waals surface area contributed by atoms with Gasteiger partial charge in [0.05, 0.1) is 5.56 Å². The van der Waals surface area contributed by atoms with E-state index in [-0.39, 0.29) is 0 Å². The topological polar surface area (TPSA) is 78.2 Å². The third kappa shape index (κ3) is 3.04. The maximum Gasteiger partial charge on any atom is 0.214 e. The van der Waals surface area contributed by atoms with E-state index in [0.717, 1.165) is 17.3 Å². The van der Waals surface area contributed by atoms with E-state index in [1.54, 1.807) is 29.7 Å². The van der Waals surface area contributed by atoms with Crippen molar-refractivity contribution in [2.45, 2.75) is 16.6 Å². The second-order valence-electron chi connectivity index (χ2n) is 3.92. The Kier molecular flexibility index (Phi) is 3.76. The SMILES string of the molecule is N#Cc1ccc(Sc2n[nH]c(Cc3cccs3)n2)nc1. The molecule has 0 saturated carbocycles. The first kappa shape index (κ1) is 12.8. The predicted octanol–water partition coefficient (Wildman–Crippen LogP) is 2.87. The summed E-state index contributed by atoms with van der Waals surface area (Å²) >= 11 is 3.07. The van der Waals surface area contributed by atoms with Gasteiger partial charge in [0.2, 0.25) is 5.16 Å². The molecule has 0 spiro atoms. The van der Waals surface area contributed by atoms with Gasteiger partial charge in [-0.3, -0.25) is 5.10 Å². The molecule has 0 aliphatic rings. The van der Waals surface area contributed by atoms with Crippen LogP contribution in [0.3, 0.4) is 0 Å². The second-order valence-corrected chi connectivity index (χ2v) is 5.94. The van der Waals surface area contributed by atoms with Gasteiger partial charge in [-0.05, 0) is 35.3 Å². The summed E-state index contributed by atoms with van der Waals surface area (Å²) in [6, 6.07) is 9.65. The molecule has 0 saturated heterocycles. The summed E-state index contributed by atoms with van der Waals surface area (Å²) in [5, 5.41) is 19.3. The number of H-pyrrole nitrogens is 1. The van der Waals surface area contributed by atoms with Crippen molar-refractivity contribution < 1.29 is 0 Å². The Morgan fingerprint density at radius 1 is 1.35 bits per heavy atom. The monoisotopic (exact) mass is 299 g/mol. The number of pyridine rings is 1. The van der Waals surface area contributed by atoms with Crippen molar-refractivity contribution in [2.75, 3.05) is 0 Å². The number of nitriles is 1. The van der Waals surface area contributed by atoms with Gasteiger partial charge in [0.1, 0.15) is 16.9 Å². The van der Waals surface area contributed by atoms with Crippen LogP contribution >= 0.6 is 23.1 Å². The van der Waals surface area contributed by atoms with Gasteiger partial charge in [-0.15, -0.1) is 16.4 Å². The van der Waals surface area contributed by atoms with Crippen molar-refractivity contribution in [3.8, 4) is 6.07 Å². The van der Waals surface area contributed by atoms with Gasteiger partial charge in [-0.1, -0.05) is 6.07 Å². The molecule has 0 amide bonds. The zero-order valence-electron chi connectivity index (χ0n) is 10.3. The zero-order valence-corrected chi connectivity index (χ0v) is 11.9. The average molecular weight is 299 g/mol. The lowest BCUT2D eigenvalue weighted by Crippen LogP contribution is -1.87. The van der Waals surface area contributed by atoms with E-state index >= 15 is 0 Å². The molecule has 1 N–H and O–H groups in total. The normalized spacial score (nSPS) is 10.3. The minimum atomic E-state index is 0.544. The highest BCUT2D eigenvalue weighted by Gasteiger charge is 2.07. The number of hydrogen-bond acceptors (Lipinski definition) is 6. The summed E-state index contributed by atoms with van der Waals surface area (Å²) in [4.78, 5) is 9.84. The highest BCUT2D eigenvalue weighted by molar-refractivity contribution is 7.99. The number of hydrogen-bond donors (Lipinski definition) is 1. The van der Waals surface area contributed by atoms with Crippen molar-refractivity contribution in [1.82, 2.24) is 20.2 Å². The van der Waals surface area contributed by atoms with Crippen LogP contribution in [0.2, 0.25) is 0 Å². The van der Waals surface area contributed by atoms with Crippen LogP contribution in [0, 0.1) is 11.3 Å². The third-order valence-corrected chi connectivity index (χ3v) is 4.19. The second kappa shape index (κ2) is 5.86. The molecule has 0 atom stereocenters. The Labute approximate surface area is 123 Å². The lowest BCUT2D eigenvalue weighted by molar-refractivity contribution is 0.957. The summed E-state index contributed by atoms with van der Waals surface area (Å²) in [5.41, 5.74) is 0.544. The van der Waals surface area contributed by atoms with Crippen LogP contribution in [0.1, 0.15) is 16.3 Å². The quantitative estimate of drug-likeness (QED) is 0.801. The fourth-order valence-corrected chi connectivity index (χ4v) is 2.97. The Balaban J connectivity index is 1.69. The van der Waals surface area contributed by atoms with Crippen LogP contribution in [0.4, 0.5) is 0 Å². The number of thiophene rings is 1. The molecule has 0 aliphatic heterocycles. The van der Waals surface area contributed by atoms with Crippen LogP contribution in [-0.4, -0.2) is 20.2 Å². The molecule has 0 radical (unpaired) electrons. The van der Waals surface area contributed by atoms with E-state index in [0.29, 0.717) is 10.7 Å². The Morgan fingerprint density at radius 3 is 3.00 bits per heavy atom. The van der Waals surface area contributed by atoms with Crippen molar-refractivity contribution in [3.05, 3.63) is 52.1 Å². The fourth-order valence-electron chi connectivity index (χ4n) is 1.58. The number of nitrogens with one attached hydrogen (secondary N) is 1. The minimum Gasteiger partial charge on any atom is -0.262 e. The van der Waals surface area contributed by atoms with Gasteiger partial charge in [-0.2, -0.15) is 5.26 Å². The molecular formula is C13H9N5S2. The van der Waals surface area contributed by atoms with Crippen LogP contribution < -0.4 is 0 Å². The van der Waals surface area contributed by atoms with Gasteiger partial charge >= 0.3 is 0 Å². The molecule has 0 fully saturated rings. The molecule has 3 aromatic heterocycles. The Hall–Kier alpha value is -2.17. The van der Waals surface area contributed by atoms with E-state index in [9.17, 15) is 0 Å². The number of aromatic nitrogens is 4. The maximum atomic E-state index is 8.72. The molecule has 0 bridgehead atoms. The van der Waals surface area contributed by atoms with Crippen LogP contribution in [0.15, 0.2) is 46.0 Å². The first-order valence-corrected chi connectivity index (χ1v) is 7.51. The molecule has 0 unspecified atom stereocenters. The van der Waals surface area contributed by atoms with Gasteiger partial charge in [-0.25, -0.2) is 9.97 Å². The lowest BCUT2D eigenvalue weighted by atomic mass is 10.3. The summed E-state index contributed by atoms with van der Waals surface area (Å²) in [6.07, 6.45) is 2.30. The van der Waals surface area contributed by atoms with Crippen molar-refractivity contribution in [3.63, 3.8) is 0 Å². The third-order valence-electron chi connectivity index (χ3n) is 2.49. The molecule has 98 valence electrons. The van der Waals surface area contributed by atoms with Gasteiger partial charge in [0.25, 0.3) is 0 Å². The van der Waals surface area contributed by atoms with E-state index in [1.807, 2.05) is 17.5 Å². The number of nitrogens with zero attached hydrogens (tertiary/aromatic N) is 4. The lowest BCUT2D eigenvalue weighted by Gasteiger charge is -1.95. The molecule has 3 rings (SSSR count). The summed E-state index contributed by atoms with van der Waals surface area (Å²) in [5.74, 6) is 0.837. The molecule has 5 nitrogen and oxygen atoms in total. The molecule has 0 aliphatic carbocycles. The summed E-state index contributed by atoms with van der Waals surface area (Å²) in [7, 11) is 0. The number of rotatable bonds is 4. The summed E-state index contributed by atoms with van der Waals surface area (Å²) in [6.45, 7) is 0. The maximum absolute atomic E-state index is 8.72. The number of aromatic amines is 1. The van der Waals surface area contributed by atoms with Crippen molar-refractivity contribution in [1.29, 1.82) is 5.26 Å². The Morgan fingerprint density at radius 2 is 2.30 bits per heavy atom. The first-order valence-electron chi connectivity index (χ1n) is 5.81. The van der Waals surface area contributed by atoms with Crippen molar-refractivity contribution >= 4 is 23.1 Å². The summed E-state index contributed by atoms with van der Waals surface area (Å²) < 4.78 is 0. The van der Waals surface area contributed by atoms with Gasteiger partial charge in [0.15, 0.2) is 0 Å². The molecular weight excluding hydrogens is 290 g/mol. The van der Waals surface area contributed by atoms with Crippen molar-refractivity contribution in [2.24, 2.45) is 0 Å². The molecule has 3 aromatic rings. The van der Waals surface area contributed by atoms with Crippen LogP contribution in [-0.2, 0) is 6.42 Å². The highest BCUT2D eigenvalue weighted by atomic mass is 32.2. The average Bonchev–Trinajstić information content (AvgIpc) is 3.12. The molecule has 0 aromatic carbocycles. The predicted molar refractivity (Wildman–Crippen MR) is 76.6 cm³/mol. The fraction of sp³-hybridized carbons (Fsp3) is 0.0769. The van der Waals surface area contributed by atoms with E-state index < -0.39 is 0 Å². The molecule has 3 heterocycles. The smallest absolute Gasteiger partial charge is 0.214 e. The standard InChI is InChI=1S/C13H9N5S2/c14-7-9-3-4-12(15-8-9)20-13-16-11(17-18-13)6-10-2-1-5-19-10/h1-5,8H,6H2,(H,16,17,18). The largest absolute Gasteiger partial charge is 0.262 e. The van der Waals surface area contributed by atoms with Crippen LogP contribution in [0.25, 0.3) is 0 Å². The zero-order chi connectivity index (χ0) is 13.8. The Bertz CT molecular complexity index is 725. The minimum absolute atomic E-state index is 0.544. The van der Waals surface area contributed by atoms with E-state index in [2.05, 4.69) is 26.2 Å². The van der Waals surface area contributed by atoms with E-state index in [4.69, 9.17) is 5.26 Å². The molecule has 20 heavy (non-hydrogen) atoms. The van der Waals surface area contributed by atoms with E-state index in [1.165, 1.54) is 16.6 Å². The molecule has 7 heteroatoms. The highest BCUT2D eigenvalue weighted by Crippen LogP contribution is 2.23. The van der Waals surface area contributed by atoms with Gasteiger partial charge < -0.3 is 0 Å². The van der Waals surface area contributed by atoms with Crippen LogP contribution in [0.5, 0.6) is 0 Å². The first-order chi connectivity index (χ1) is 9.83.